The van der Waals surface area contributed by atoms with E-state index >= 15 is 0 Å². The summed E-state index contributed by atoms with van der Waals surface area (Å²) in [4.78, 5) is 5.38. The Labute approximate surface area is 108 Å². The van der Waals surface area contributed by atoms with Crippen LogP contribution in [0.3, 0.4) is 0 Å². The minimum Gasteiger partial charge on any atom is -0.333 e. The highest BCUT2D eigenvalue weighted by molar-refractivity contribution is 7.19. The van der Waals surface area contributed by atoms with Gasteiger partial charge in [-0.2, -0.15) is 4.98 Å². The van der Waals surface area contributed by atoms with Gasteiger partial charge in [0.05, 0.1) is 9.21 Å². The second kappa shape index (κ2) is 4.76. The highest BCUT2D eigenvalue weighted by Gasteiger charge is 2.21. The van der Waals surface area contributed by atoms with Crippen molar-refractivity contribution in [2.75, 3.05) is 13.1 Å². The normalized spacial score (nSPS) is 20.6. The quantitative estimate of drug-likeness (QED) is 0.911. The lowest BCUT2D eigenvalue weighted by Crippen LogP contribution is -2.28. The maximum atomic E-state index is 5.88. The van der Waals surface area contributed by atoms with Crippen LogP contribution in [0.5, 0.6) is 0 Å². The van der Waals surface area contributed by atoms with Gasteiger partial charge in [-0.25, -0.2) is 0 Å². The summed E-state index contributed by atoms with van der Waals surface area (Å²) in [6.45, 7) is 2.02. The molecule has 0 radical (unpaired) electrons. The van der Waals surface area contributed by atoms with E-state index in [9.17, 15) is 0 Å². The van der Waals surface area contributed by atoms with Crippen molar-refractivity contribution in [3.63, 3.8) is 0 Å². The summed E-state index contributed by atoms with van der Waals surface area (Å²) in [7, 11) is 0. The molecule has 0 saturated carbocycles. The number of nitrogens with zero attached hydrogens (tertiary/aromatic N) is 2. The lowest BCUT2D eigenvalue weighted by atomic mass is 9.99. The number of piperidine rings is 1. The molecule has 3 heterocycles. The summed E-state index contributed by atoms with van der Waals surface area (Å²) < 4.78 is 6.02. The van der Waals surface area contributed by atoms with Gasteiger partial charge in [0.1, 0.15) is 0 Å². The van der Waals surface area contributed by atoms with Gasteiger partial charge in [-0.3, -0.25) is 0 Å². The summed E-state index contributed by atoms with van der Waals surface area (Å²) in [5.41, 5.74) is 0. The molecule has 1 atom stereocenters. The molecule has 0 aromatic carbocycles. The largest absolute Gasteiger partial charge is 0.333 e. The topological polar surface area (TPSA) is 51.0 Å². The molecule has 1 saturated heterocycles. The fourth-order valence-electron chi connectivity index (χ4n) is 2.00. The van der Waals surface area contributed by atoms with E-state index in [0.717, 1.165) is 34.5 Å². The Hall–Kier alpha value is -0.910. The maximum Gasteiger partial charge on any atom is 0.268 e. The van der Waals surface area contributed by atoms with Crippen molar-refractivity contribution >= 4 is 22.9 Å². The number of nitrogens with one attached hydrogen (secondary N) is 1. The Balaban J connectivity index is 1.82. The van der Waals surface area contributed by atoms with Gasteiger partial charge in [0.15, 0.2) is 5.82 Å². The minimum atomic E-state index is 0.372. The second-order valence-corrected chi connectivity index (χ2v) is 5.82. The molecule has 2 aromatic rings. The fourth-order valence-corrected chi connectivity index (χ4v) is 2.97. The van der Waals surface area contributed by atoms with Crippen molar-refractivity contribution in [3.8, 4) is 10.8 Å². The van der Waals surface area contributed by atoms with Gasteiger partial charge >= 0.3 is 0 Å². The van der Waals surface area contributed by atoms with Crippen LogP contribution in [-0.4, -0.2) is 23.2 Å². The van der Waals surface area contributed by atoms with Crippen molar-refractivity contribution in [1.82, 2.24) is 15.5 Å². The number of halogens is 1. The lowest BCUT2D eigenvalue weighted by Gasteiger charge is -2.19. The van der Waals surface area contributed by atoms with Gasteiger partial charge in [-0.15, -0.1) is 11.3 Å². The van der Waals surface area contributed by atoms with Crippen LogP contribution in [0.2, 0.25) is 4.34 Å². The molecule has 17 heavy (non-hydrogen) atoms. The molecule has 1 aliphatic heterocycles. The van der Waals surface area contributed by atoms with Crippen LogP contribution in [0.4, 0.5) is 0 Å². The third kappa shape index (κ3) is 2.36. The van der Waals surface area contributed by atoms with Gasteiger partial charge in [-0.1, -0.05) is 16.8 Å². The monoisotopic (exact) mass is 269 g/mol. The predicted molar refractivity (Wildman–Crippen MR) is 67.5 cm³/mol. The van der Waals surface area contributed by atoms with E-state index in [1.165, 1.54) is 17.8 Å². The zero-order chi connectivity index (χ0) is 11.7. The Morgan fingerprint density at radius 1 is 1.47 bits per heavy atom. The van der Waals surface area contributed by atoms with Crippen LogP contribution in [0.25, 0.3) is 10.8 Å². The molecule has 0 aliphatic carbocycles. The van der Waals surface area contributed by atoms with E-state index in [4.69, 9.17) is 16.1 Å². The molecule has 1 unspecified atom stereocenters. The number of aromatic nitrogens is 2. The third-order valence-electron chi connectivity index (χ3n) is 2.89. The Morgan fingerprint density at radius 3 is 3.12 bits per heavy atom. The van der Waals surface area contributed by atoms with Gasteiger partial charge in [0.25, 0.3) is 5.89 Å². The SMILES string of the molecule is Clc1ccc(-c2nc(C3CCCNC3)no2)s1. The number of thiophene rings is 1. The van der Waals surface area contributed by atoms with Crippen LogP contribution in [-0.2, 0) is 0 Å². The summed E-state index contributed by atoms with van der Waals surface area (Å²) in [5.74, 6) is 1.75. The van der Waals surface area contributed by atoms with Crippen LogP contribution in [0, 0.1) is 0 Å². The van der Waals surface area contributed by atoms with Crippen LogP contribution in [0.15, 0.2) is 16.7 Å². The van der Waals surface area contributed by atoms with Crippen LogP contribution >= 0.6 is 22.9 Å². The van der Waals surface area contributed by atoms with Crippen molar-refractivity contribution < 1.29 is 4.52 Å². The molecule has 0 amide bonds. The lowest BCUT2D eigenvalue weighted by molar-refractivity contribution is 0.393. The van der Waals surface area contributed by atoms with Crippen molar-refractivity contribution in [2.24, 2.45) is 0 Å². The molecule has 3 rings (SSSR count). The summed E-state index contributed by atoms with van der Waals surface area (Å²) in [5, 5.41) is 7.41. The van der Waals surface area contributed by atoms with Crippen molar-refractivity contribution in [2.45, 2.75) is 18.8 Å². The molecule has 90 valence electrons. The second-order valence-electron chi connectivity index (χ2n) is 4.10. The molecule has 4 nitrogen and oxygen atoms in total. The first kappa shape index (κ1) is 11.2. The maximum absolute atomic E-state index is 5.88. The molecule has 1 aliphatic rings. The molecule has 2 aromatic heterocycles. The molecular formula is C11H12ClN3OS. The standard InChI is InChI=1S/C11H12ClN3OS/c12-9-4-3-8(17-9)11-14-10(15-16-11)7-2-1-5-13-6-7/h3-4,7,13H,1-2,5-6H2. The fraction of sp³-hybridized carbons (Fsp3) is 0.455. The van der Waals surface area contributed by atoms with E-state index < -0.39 is 0 Å². The summed E-state index contributed by atoms with van der Waals surface area (Å²) in [6, 6.07) is 3.75. The summed E-state index contributed by atoms with van der Waals surface area (Å²) >= 11 is 7.34. The third-order valence-corrected chi connectivity index (χ3v) is 4.11. The molecule has 1 N–H and O–H groups in total. The Bertz CT molecular complexity index is 504. The average Bonchev–Trinajstić information content (AvgIpc) is 2.98. The minimum absolute atomic E-state index is 0.372. The zero-order valence-electron chi connectivity index (χ0n) is 9.15. The van der Waals surface area contributed by atoms with Gasteiger partial charge in [-0.05, 0) is 31.5 Å². The first-order valence-corrected chi connectivity index (χ1v) is 6.82. The van der Waals surface area contributed by atoms with E-state index in [1.807, 2.05) is 12.1 Å². The van der Waals surface area contributed by atoms with Crippen LogP contribution < -0.4 is 5.32 Å². The first-order valence-electron chi connectivity index (χ1n) is 5.63. The molecule has 0 spiro atoms. The van der Waals surface area contributed by atoms with Crippen molar-refractivity contribution in [1.29, 1.82) is 0 Å². The van der Waals surface area contributed by atoms with E-state index in [-0.39, 0.29) is 0 Å². The summed E-state index contributed by atoms with van der Waals surface area (Å²) in [6.07, 6.45) is 2.29. The number of rotatable bonds is 2. The Kier molecular flexibility index (Phi) is 3.13. The highest BCUT2D eigenvalue weighted by atomic mass is 35.5. The van der Waals surface area contributed by atoms with E-state index in [0.29, 0.717) is 11.8 Å². The molecule has 6 heteroatoms. The first-order chi connectivity index (χ1) is 8.33. The number of hydrogen-bond donors (Lipinski definition) is 1. The Morgan fingerprint density at radius 2 is 2.41 bits per heavy atom. The van der Waals surface area contributed by atoms with Gasteiger partial charge < -0.3 is 9.84 Å². The number of hydrogen-bond acceptors (Lipinski definition) is 5. The molecule has 0 bridgehead atoms. The van der Waals surface area contributed by atoms with Gasteiger partial charge in [0, 0.05) is 12.5 Å². The molecular weight excluding hydrogens is 258 g/mol. The smallest absolute Gasteiger partial charge is 0.268 e. The zero-order valence-corrected chi connectivity index (χ0v) is 10.7. The predicted octanol–water partition coefficient (Wildman–Crippen LogP) is 2.92. The van der Waals surface area contributed by atoms with Crippen LogP contribution in [0.1, 0.15) is 24.6 Å². The van der Waals surface area contributed by atoms with Gasteiger partial charge in [0.2, 0.25) is 0 Å². The van der Waals surface area contributed by atoms with E-state index in [2.05, 4.69) is 15.5 Å². The van der Waals surface area contributed by atoms with E-state index in [1.54, 1.807) is 0 Å². The average molecular weight is 270 g/mol. The highest BCUT2D eigenvalue weighted by Crippen LogP contribution is 2.31. The molecule has 1 fully saturated rings. The van der Waals surface area contributed by atoms with Crippen molar-refractivity contribution in [3.05, 3.63) is 22.3 Å².